The van der Waals surface area contributed by atoms with Crippen molar-refractivity contribution in [2.75, 3.05) is 37.6 Å². The maximum absolute atomic E-state index is 15.2. The first-order chi connectivity index (χ1) is 18.1. The van der Waals surface area contributed by atoms with E-state index >= 15 is 4.39 Å². The number of hydrogen-bond donors (Lipinski definition) is 1. The predicted octanol–water partition coefficient (Wildman–Crippen LogP) is 3.52. The van der Waals surface area contributed by atoms with Crippen LogP contribution in [0.3, 0.4) is 0 Å². The molecule has 1 unspecified atom stereocenters. The first-order valence-electron chi connectivity index (χ1n) is 12.4. The third kappa shape index (κ3) is 4.45. The van der Waals surface area contributed by atoms with Crippen LogP contribution in [0.1, 0.15) is 29.3 Å². The van der Waals surface area contributed by atoms with Crippen molar-refractivity contribution in [3.63, 3.8) is 0 Å². The van der Waals surface area contributed by atoms with Crippen molar-refractivity contribution in [3.05, 3.63) is 87.7 Å². The van der Waals surface area contributed by atoms with Gasteiger partial charge in [0.2, 0.25) is 5.43 Å². The van der Waals surface area contributed by atoms with Gasteiger partial charge in [-0.15, -0.1) is 0 Å². The lowest BCUT2D eigenvalue weighted by Crippen LogP contribution is -2.51. The SMILES string of the molecule is C=C1CC(CN2CCN(c3cc4c(cc3F)c(=O)c(C(=O)O)cn4CC)CC2)(c2ccc(F)cc2)OC1=O. The van der Waals surface area contributed by atoms with E-state index in [0.29, 0.717) is 68.0 Å². The van der Waals surface area contributed by atoms with Gasteiger partial charge in [0, 0.05) is 62.8 Å². The molecule has 3 aromatic rings. The van der Waals surface area contributed by atoms with Gasteiger partial charge < -0.3 is 19.3 Å². The Labute approximate surface area is 217 Å². The number of piperazine rings is 1. The van der Waals surface area contributed by atoms with Crippen LogP contribution in [0.5, 0.6) is 0 Å². The quantitative estimate of drug-likeness (QED) is 0.391. The number of aromatic carboxylic acids is 1. The van der Waals surface area contributed by atoms with Crippen LogP contribution in [0.4, 0.5) is 14.5 Å². The second kappa shape index (κ2) is 9.68. The molecule has 2 saturated heterocycles. The Morgan fingerprint density at radius 3 is 2.37 bits per heavy atom. The molecule has 38 heavy (non-hydrogen) atoms. The Hall–Kier alpha value is -4.05. The number of fused-ring (bicyclic) bond motifs is 1. The molecule has 198 valence electrons. The lowest BCUT2D eigenvalue weighted by molar-refractivity contribution is -0.149. The number of hydrogen-bond acceptors (Lipinski definition) is 6. The molecule has 5 rings (SSSR count). The predicted molar refractivity (Wildman–Crippen MR) is 137 cm³/mol. The zero-order valence-electron chi connectivity index (χ0n) is 20.9. The molecule has 2 aromatic carbocycles. The lowest BCUT2D eigenvalue weighted by atomic mass is 9.88. The van der Waals surface area contributed by atoms with Crippen molar-refractivity contribution in [3.8, 4) is 0 Å². The first-order valence-corrected chi connectivity index (χ1v) is 12.4. The Kier molecular flexibility index (Phi) is 6.52. The van der Waals surface area contributed by atoms with Gasteiger partial charge in [0.15, 0.2) is 5.60 Å². The van der Waals surface area contributed by atoms with Gasteiger partial charge in [-0.1, -0.05) is 18.7 Å². The Balaban J connectivity index is 1.39. The van der Waals surface area contributed by atoms with E-state index in [1.807, 2.05) is 11.8 Å². The van der Waals surface area contributed by atoms with Crippen molar-refractivity contribution >= 4 is 28.5 Å². The monoisotopic (exact) mass is 523 g/mol. The zero-order valence-corrected chi connectivity index (χ0v) is 20.9. The number of aromatic nitrogens is 1. The summed E-state index contributed by atoms with van der Waals surface area (Å²) >= 11 is 0. The fourth-order valence-corrected chi connectivity index (χ4v) is 5.36. The van der Waals surface area contributed by atoms with Crippen molar-refractivity contribution in [2.45, 2.75) is 25.5 Å². The fourth-order valence-electron chi connectivity index (χ4n) is 5.36. The highest BCUT2D eigenvalue weighted by Gasteiger charge is 2.46. The molecule has 0 amide bonds. The number of ether oxygens (including phenoxy) is 1. The van der Waals surface area contributed by atoms with Crippen LogP contribution in [-0.2, 0) is 21.7 Å². The minimum Gasteiger partial charge on any atom is -0.477 e. The van der Waals surface area contributed by atoms with E-state index in [9.17, 15) is 23.9 Å². The standard InChI is InChI=1S/C28H27F2N3O5/c1-3-32-15-21(26(35)36)25(34)20-12-22(30)24(13-23(20)32)33-10-8-31(9-11-33)16-28(14-17(2)27(37)38-28)18-4-6-19(29)7-5-18/h4-7,12-13,15H,2-3,8-11,14,16H2,1H3,(H,35,36). The van der Waals surface area contributed by atoms with Gasteiger partial charge in [0.05, 0.1) is 11.2 Å². The second-order valence-corrected chi connectivity index (χ2v) is 9.72. The average molecular weight is 524 g/mol. The summed E-state index contributed by atoms with van der Waals surface area (Å²) in [6.45, 7) is 8.45. The first kappa shape index (κ1) is 25.6. The van der Waals surface area contributed by atoms with Crippen molar-refractivity contribution < 1.29 is 28.2 Å². The normalized spacial score (nSPS) is 20.2. The summed E-state index contributed by atoms with van der Waals surface area (Å²) in [5.74, 6) is -2.81. The van der Waals surface area contributed by atoms with Crippen LogP contribution >= 0.6 is 0 Å². The summed E-state index contributed by atoms with van der Waals surface area (Å²) in [6.07, 6.45) is 1.59. The topological polar surface area (TPSA) is 92.1 Å². The van der Waals surface area contributed by atoms with E-state index in [4.69, 9.17) is 4.74 Å². The van der Waals surface area contributed by atoms with Crippen LogP contribution in [0.15, 0.2) is 59.5 Å². The number of anilines is 1. The minimum absolute atomic E-state index is 0.0242. The van der Waals surface area contributed by atoms with E-state index in [2.05, 4.69) is 11.5 Å². The summed E-state index contributed by atoms with van der Waals surface area (Å²) < 4.78 is 36.2. The molecule has 0 aliphatic carbocycles. The number of carbonyl (C=O) groups is 2. The van der Waals surface area contributed by atoms with Crippen molar-refractivity contribution in [1.29, 1.82) is 0 Å². The highest BCUT2D eigenvalue weighted by molar-refractivity contribution is 5.93. The molecule has 0 radical (unpaired) electrons. The molecule has 2 fully saturated rings. The average Bonchev–Trinajstić information content (AvgIpc) is 3.18. The van der Waals surface area contributed by atoms with E-state index in [-0.39, 0.29) is 11.2 Å². The molecule has 1 atom stereocenters. The van der Waals surface area contributed by atoms with E-state index in [1.54, 1.807) is 22.8 Å². The summed E-state index contributed by atoms with van der Waals surface area (Å²) in [4.78, 5) is 40.4. The molecule has 0 spiro atoms. The maximum atomic E-state index is 15.2. The number of carboxylic acid groups (broad SMARTS) is 1. The number of rotatable bonds is 6. The molecular weight excluding hydrogens is 496 g/mol. The van der Waals surface area contributed by atoms with E-state index in [0.717, 1.165) is 6.07 Å². The molecule has 10 heteroatoms. The lowest BCUT2D eigenvalue weighted by Gasteiger charge is -2.40. The van der Waals surface area contributed by atoms with Gasteiger partial charge in [0.1, 0.15) is 17.2 Å². The smallest absolute Gasteiger partial charge is 0.341 e. The number of esters is 1. The highest BCUT2D eigenvalue weighted by Crippen LogP contribution is 2.40. The summed E-state index contributed by atoms with van der Waals surface area (Å²) in [6, 6.07) is 8.62. The van der Waals surface area contributed by atoms with Gasteiger partial charge in [-0.3, -0.25) is 9.69 Å². The molecular formula is C28H27F2N3O5. The molecule has 2 aliphatic heterocycles. The van der Waals surface area contributed by atoms with Crippen molar-refractivity contribution in [1.82, 2.24) is 9.47 Å². The molecule has 8 nitrogen and oxygen atoms in total. The molecule has 1 N–H and O–H groups in total. The third-order valence-electron chi connectivity index (χ3n) is 7.36. The van der Waals surface area contributed by atoms with Crippen LogP contribution < -0.4 is 10.3 Å². The third-order valence-corrected chi connectivity index (χ3v) is 7.36. The second-order valence-electron chi connectivity index (χ2n) is 9.72. The zero-order chi connectivity index (χ0) is 27.2. The van der Waals surface area contributed by atoms with Crippen LogP contribution in [0, 0.1) is 11.6 Å². The summed E-state index contributed by atoms with van der Waals surface area (Å²) in [5.41, 5.74) is -0.246. The largest absolute Gasteiger partial charge is 0.477 e. The number of benzene rings is 2. The van der Waals surface area contributed by atoms with Crippen LogP contribution in [0.2, 0.25) is 0 Å². The van der Waals surface area contributed by atoms with E-state index < -0.39 is 34.3 Å². The Bertz CT molecular complexity index is 1490. The van der Waals surface area contributed by atoms with Crippen molar-refractivity contribution in [2.24, 2.45) is 0 Å². The number of aryl methyl sites for hydroxylation is 1. The minimum atomic E-state index is -1.35. The number of carboxylic acids is 1. The Morgan fingerprint density at radius 2 is 1.79 bits per heavy atom. The molecule has 1 aromatic heterocycles. The van der Waals surface area contributed by atoms with Gasteiger partial charge in [-0.25, -0.2) is 18.4 Å². The number of carbonyl (C=O) groups excluding carboxylic acids is 1. The van der Waals surface area contributed by atoms with Gasteiger partial charge in [-0.2, -0.15) is 0 Å². The van der Waals surface area contributed by atoms with Gasteiger partial charge >= 0.3 is 11.9 Å². The summed E-state index contributed by atoms with van der Waals surface area (Å²) in [5, 5.41) is 9.39. The Morgan fingerprint density at radius 1 is 1.11 bits per heavy atom. The molecule has 3 heterocycles. The fraction of sp³-hybridized carbons (Fsp3) is 0.321. The summed E-state index contributed by atoms with van der Waals surface area (Å²) in [7, 11) is 0. The van der Waals surface area contributed by atoms with Crippen LogP contribution in [0.25, 0.3) is 10.9 Å². The van der Waals surface area contributed by atoms with Gasteiger partial charge in [-0.05, 0) is 36.8 Å². The molecule has 0 saturated carbocycles. The van der Waals surface area contributed by atoms with Gasteiger partial charge in [0.25, 0.3) is 0 Å². The number of cyclic esters (lactones) is 1. The molecule has 0 bridgehead atoms. The van der Waals surface area contributed by atoms with E-state index in [1.165, 1.54) is 18.3 Å². The number of nitrogens with zero attached hydrogens (tertiary/aromatic N) is 3. The van der Waals surface area contributed by atoms with Crippen LogP contribution in [-0.4, -0.2) is 59.2 Å². The number of pyridine rings is 1. The highest BCUT2D eigenvalue weighted by atomic mass is 19.1. The molecule has 2 aliphatic rings. The number of halogens is 2. The maximum Gasteiger partial charge on any atom is 0.341 e.